The van der Waals surface area contributed by atoms with Gasteiger partial charge in [-0.3, -0.25) is 9.08 Å². The molecule has 1 aliphatic rings. The van der Waals surface area contributed by atoms with Gasteiger partial charge in [-0.1, -0.05) is 17.7 Å². The molecule has 1 N–H and O–H groups in total. The van der Waals surface area contributed by atoms with Crippen molar-refractivity contribution in [2.24, 2.45) is 5.16 Å². The first-order chi connectivity index (χ1) is 9.92. The first-order valence-corrected chi connectivity index (χ1v) is 7.62. The third-order valence-corrected chi connectivity index (χ3v) is 3.89. The van der Waals surface area contributed by atoms with Gasteiger partial charge in [0.1, 0.15) is 11.0 Å². The number of aryl methyl sites for hydroxylation is 1. The highest BCUT2D eigenvalue weighted by molar-refractivity contribution is 7.86. The van der Waals surface area contributed by atoms with Crippen LogP contribution >= 0.6 is 0 Å². The normalized spacial score (nSPS) is 15.1. The number of nitrogens with one attached hydrogen (secondary N) is 1. The molecule has 0 radical (unpaired) electrons. The Morgan fingerprint density at radius 2 is 2.00 bits per heavy atom. The topological polar surface area (TPSA) is 109 Å². The summed E-state index contributed by atoms with van der Waals surface area (Å²) in [5.74, 6) is -0.737. The average molecular weight is 307 g/mol. The number of carbonyl (C=O) groups is 1. The zero-order chi connectivity index (χ0) is 15.5. The van der Waals surface area contributed by atoms with Gasteiger partial charge in [-0.25, -0.2) is 0 Å². The maximum atomic E-state index is 11.9. The van der Waals surface area contributed by atoms with E-state index in [9.17, 15) is 13.2 Å². The van der Waals surface area contributed by atoms with E-state index in [1.54, 1.807) is 12.1 Å². The summed E-state index contributed by atoms with van der Waals surface area (Å²) >= 11 is 0. The number of hydrogen-bond donors (Lipinski definition) is 1. The summed E-state index contributed by atoms with van der Waals surface area (Å²) < 4.78 is 28.1. The van der Waals surface area contributed by atoms with Crippen LogP contribution in [0.4, 0.5) is 0 Å². The van der Waals surface area contributed by atoms with Crippen LogP contribution in [0.5, 0.6) is 0 Å². The van der Waals surface area contributed by atoms with E-state index in [1.165, 1.54) is 18.2 Å². The largest absolute Gasteiger partial charge is 0.358 e. The minimum Gasteiger partial charge on any atom is -0.347 e. The van der Waals surface area contributed by atoms with Gasteiger partial charge >= 0.3 is 10.1 Å². The van der Waals surface area contributed by atoms with Crippen molar-refractivity contribution in [1.82, 2.24) is 5.32 Å². The zero-order valence-corrected chi connectivity index (χ0v) is 12.1. The molecule has 8 heteroatoms. The first-order valence-electron chi connectivity index (χ1n) is 6.21. The smallest absolute Gasteiger partial charge is 0.347 e. The van der Waals surface area contributed by atoms with Crippen molar-refractivity contribution in [1.29, 1.82) is 5.26 Å². The van der Waals surface area contributed by atoms with Crippen LogP contribution in [0.15, 0.2) is 34.3 Å². The highest BCUT2D eigenvalue weighted by Crippen LogP contribution is 2.18. The van der Waals surface area contributed by atoms with Gasteiger partial charge in [0.15, 0.2) is 0 Å². The van der Waals surface area contributed by atoms with Crippen molar-refractivity contribution in [3.8, 4) is 6.07 Å². The van der Waals surface area contributed by atoms with Crippen molar-refractivity contribution in [3.05, 3.63) is 29.8 Å². The standard InChI is InChI=1S/C13H13N3O4S/c1-9-2-6-11(7-3-9)21(18,19)20-16-12(8-14)13(17)15-10-4-5-10/h2-3,6-7,10H,4-5H2,1H3,(H,15,17). The monoisotopic (exact) mass is 307 g/mol. The van der Waals surface area contributed by atoms with Crippen molar-refractivity contribution in [2.75, 3.05) is 0 Å². The summed E-state index contributed by atoms with van der Waals surface area (Å²) in [4.78, 5) is 11.5. The Kier molecular flexibility index (Phi) is 4.23. The van der Waals surface area contributed by atoms with E-state index < -0.39 is 21.7 Å². The molecule has 0 aromatic heterocycles. The Balaban J connectivity index is 2.11. The van der Waals surface area contributed by atoms with Crippen molar-refractivity contribution >= 4 is 21.7 Å². The number of nitrogens with zero attached hydrogens (tertiary/aromatic N) is 2. The number of oxime groups is 1. The maximum absolute atomic E-state index is 11.9. The van der Waals surface area contributed by atoms with Gasteiger partial charge in [0.05, 0.1) is 0 Å². The Morgan fingerprint density at radius 3 is 2.52 bits per heavy atom. The zero-order valence-electron chi connectivity index (χ0n) is 11.2. The second kappa shape index (κ2) is 5.93. The number of rotatable bonds is 5. The maximum Gasteiger partial charge on any atom is 0.358 e. The third-order valence-electron chi connectivity index (χ3n) is 2.77. The van der Waals surface area contributed by atoms with E-state index in [2.05, 4.69) is 14.8 Å². The molecular weight excluding hydrogens is 294 g/mol. The number of hydrogen-bond acceptors (Lipinski definition) is 6. The molecule has 0 aliphatic heterocycles. The van der Waals surface area contributed by atoms with E-state index >= 15 is 0 Å². The molecule has 110 valence electrons. The van der Waals surface area contributed by atoms with E-state index in [-0.39, 0.29) is 10.9 Å². The molecule has 0 atom stereocenters. The fourth-order valence-corrected chi connectivity index (χ4v) is 2.16. The second-order valence-corrected chi connectivity index (χ2v) is 6.17. The summed E-state index contributed by atoms with van der Waals surface area (Å²) in [6, 6.07) is 7.47. The quantitative estimate of drug-likeness (QED) is 0.641. The molecule has 1 aliphatic carbocycles. The number of benzene rings is 1. The van der Waals surface area contributed by atoms with Crippen molar-refractivity contribution in [2.45, 2.75) is 30.7 Å². The van der Waals surface area contributed by atoms with Gasteiger partial charge in [-0.05, 0) is 37.1 Å². The van der Waals surface area contributed by atoms with Crippen LogP contribution in [0.25, 0.3) is 0 Å². The fraction of sp³-hybridized carbons (Fsp3) is 0.308. The highest BCUT2D eigenvalue weighted by atomic mass is 32.2. The molecule has 0 heterocycles. The van der Waals surface area contributed by atoms with Gasteiger partial charge in [0.25, 0.3) is 5.91 Å². The van der Waals surface area contributed by atoms with Crippen molar-refractivity contribution in [3.63, 3.8) is 0 Å². The molecule has 2 rings (SSSR count). The predicted octanol–water partition coefficient (Wildman–Crippen LogP) is 0.859. The van der Waals surface area contributed by atoms with E-state index in [4.69, 9.17) is 5.26 Å². The molecule has 0 spiro atoms. The molecule has 0 bridgehead atoms. The molecule has 21 heavy (non-hydrogen) atoms. The molecular formula is C13H13N3O4S. The van der Waals surface area contributed by atoms with Crippen LogP contribution in [0.1, 0.15) is 18.4 Å². The summed E-state index contributed by atoms with van der Waals surface area (Å²) in [6.45, 7) is 1.81. The molecule has 1 saturated carbocycles. The molecule has 1 aromatic carbocycles. The molecule has 1 fully saturated rings. The minimum absolute atomic E-state index is 0.0322. The highest BCUT2D eigenvalue weighted by Gasteiger charge is 2.26. The van der Waals surface area contributed by atoms with Crippen molar-refractivity contribution < 1.29 is 17.5 Å². The lowest BCUT2D eigenvalue weighted by atomic mass is 10.2. The van der Waals surface area contributed by atoms with Crippen LogP contribution in [-0.2, 0) is 19.2 Å². The van der Waals surface area contributed by atoms with Crippen LogP contribution in [0.3, 0.4) is 0 Å². The molecule has 7 nitrogen and oxygen atoms in total. The lowest BCUT2D eigenvalue weighted by Gasteiger charge is -2.03. The molecule has 0 saturated heterocycles. The third kappa shape index (κ3) is 4.03. The average Bonchev–Trinajstić information content (AvgIpc) is 3.23. The lowest BCUT2D eigenvalue weighted by Crippen LogP contribution is -2.32. The fourth-order valence-electron chi connectivity index (χ4n) is 1.43. The molecule has 1 aromatic rings. The lowest BCUT2D eigenvalue weighted by molar-refractivity contribution is -0.114. The summed E-state index contributed by atoms with van der Waals surface area (Å²) in [5.41, 5.74) is 0.261. The van der Waals surface area contributed by atoms with E-state index in [0.717, 1.165) is 18.4 Å². The van der Waals surface area contributed by atoms with Crippen LogP contribution in [-0.4, -0.2) is 26.1 Å². The number of nitriles is 1. The second-order valence-electron chi connectivity index (χ2n) is 4.64. The Morgan fingerprint density at radius 1 is 1.38 bits per heavy atom. The number of amides is 1. The summed E-state index contributed by atoms with van der Waals surface area (Å²) in [6.07, 6.45) is 1.68. The van der Waals surface area contributed by atoms with Crippen LogP contribution in [0.2, 0.25) is 0 Å². The van der Waals surface area contributed by atoms with E-state index in [0.29, 0.717) is 0 Å². The van der Waals surface area contributed by atoms with Gasteiger partial charge < -0.3 is 5.32 Å². The minimum atomic E-state index is -4.15. The van der Waals surface area contributed by atoms with E-state index in [1.807, 2.05) is 6.92 Å². The summed E-state index contributed by atoms with van der Waals surface area (Å²) in [5, 5.41) is 14.5. The Bertz CT molecular complexity index is 713. The molecule has 1 amide bonds. The predicted molar refractivity (Wildman–Crippen MR) is 73.7 cm³/mol. The first kappa shape index (κ1) is 15.0. The Hall–Kier alpha value is -2.40. The van der Waals surface area contributed by atoms with Crippen LogP contribution < -0.4 is 5.32 Å². The van der Waals surface area contributed by atoms with Gasteiger partial charge in [-0.15, -0.1) is 0 Å². The Labute approximate surface area is 122 Å². The van der Waals surface area contributed by atoms with Crippen LogP contribution in [0, 0.1) is 18.3 Å². The van der Waals surface area contributed by atoms with Gasteiger partial charge in [0.2, 0.25) is 5.71 Å². The number of carbonyl (C=O) groups excluding carboxylic acids is 1. The van der Waals surface area contributed by atoms with Gasteiger partial charge in [0, 0.05) is 6.04 Å². The summed E-state index contributed by atoms with van der Waals surface area (Å²) in [7, 11) is -4.15. The SMILES string of the molecule is Cc1ccc(S(=O)(=O)ON=C(C#N)C(=O)NC2CC2)cc1. The van der Waals surface area contributed by atoms with Gasteiger partial charge in [-0.2, -0.15) is 13.7 Å². The molecule has 0 unspecified atom stereocenters.